The van der Waals surface area contributed by atoms with Crippen LogP contribution in [0.4, 0.5) is 4.39 Å². The van der Waals surface area contributed by atoms with Crippen LogP contribution < -0.4 is 5.73 Å². The number of halogens is 1. The molecule has 1 aromatic carbocycles. The molecule has 0 aliphatic rings. The molecule has 0 saturated heterocycles. The van der Waals surface area contributed by atoms with E-state index in [0.29, 0.717) is 5.56 Å². The van der Waals surface area contributed by atoms with Gasteiger partial charge in [-0.1, -0.05) is 12.1 Å². The van der Waals surface area contributed by atoms with Gasteiger partial charge in [0.2, 0.25) is 0 Å². The van der Waals surface area contributed by atoms with Crippen molar-refractivity contribution < 1.29 is 4.39 Å². The molecule has 0 radical (unpaired) electrons. The summed E-state index contributed by atoms with van der Waals surface area (Å²) in [6.07, 6.45) is 3.45. The maximum Gasteiger partial charge on any atom is 0.128 e. The van der Waals surface area contributed by atoms with E-state index in [4.69, 9.17) is 5.73 Å². The highest BCUT2D eigenvalue weighted by molar-refractivity contribution is 5.32. The summed E-state index contributed by atoms with van der Waals surface area (Å²) < 4.78 is 15.3. The largest absolute Gasteiger partial charge is 0.320 e. The highest BCUT2D eigenvalue weighted by Gasteiger charge is 2.14. The van der Waals surface area contributed by atoms with Gasteiger partial charge in [0, 0.05) is 24.4 Å². The molecule has 1 atom stereocenters. The summed E-state index contributed by atoms with van der Waals surface area (Å²) in [5.41, 5.74) is 8.18. The molecule has 0 bridgehead atoms. The first kappa shape index (κ1) is 10.8. The molecule has 1 aromatic heterocycles. The first-order valence-corrected chi connectivity index (χ1v) is 5.08. The molecule has 84 valence electrons. The van der Waals surface area contributed by atoms with Gasteiger partial charge in [-0.2, -0.15) is 5.10 Å². The summed E-state index contributed by atoms with van der Waals surface area (Å²) in [6.45, 7) is 1.85. The Balaban J connectivity index is 2.37. The lowest BCUT2D eigenvalue weighted by Crippen LogP contribution is -2.13. The lowest BCUT2D eigenvalue weighted by molar-refractivity contribution is 0.598. The van der Waals surface area contributed by atoms with Gasteiger partial charge in [-0.05, 0) is 18.6 Å². The molecule has 0 aliphatic carbocycles. The van der Waals surface area contributed by atoms with Crippen molar-refractivity contribution in [3.05, 3.63) is 53.1 Å². The standard InChI is InChI=1S/C12H14FN3/c1-8-3-4-10(11(13)5-8)12(14)9-6-15-16(2)7-9/h3-7,12H,14H2,1-2H3. The second kappa shape index (κ2) is 4.06. The van der Waals surface area contributed by atoms with Crippen LogP contribution in [0.1, 0.15) is 22.7 Å². The monoisotopic (exact) mass is 219 g/mol. The summed E-state index contributed by atoms with van der Waals surface area (Å²) in [5, 5.41) is 4.02. The van der Waals surface area contributed by atoms with Crippen LogP contribution in [0.25, 0.3) is 0 Å². The van der Waals surface area contributed by atoms with Crippen LogP contribution >= 0.6 is 0 Å². The van der Waals surface area contributed by atoms with Gasteiger partial charge in [0.1, 0.15) is 5.82 Å². The molecular weight excluding hydrogens is 205 g/mol. The first-order valence-electron chi connectivity index (χ1n) is 5.08. The Bertz CT molecular complexity index is 505. The molecular formula is C12H14FN3. The zero-order valence-electron chi connectivity index (χ0n) is 9.31. The van der Waals surface area contributed by atoms with E-state index >= 15 is 0 Å². The van der Waals surface area contributed by atoms with Crippen molar-refractivity contribution >= 4 is 0 Å². The number of aryl methyl sites for hydroxylation is 2. The average molecular weight is 219 g/mol. The van der Waals surface area contributed by atoms with Gasteiger partial charge in [0.25, 0.3) is 0 Å². The molecule has 1 unspecified atom stereocenters. The van der Waals surface area contributed by atoms with Crippen molar-refractivity contribution in [1.29, 1.82) is 0 Å². The van der Waals surface area contributed by atoms with Crippen molar-refractivity contribution in [2.24, 2.45) is 12.8 Å². The third kappa shape index (κ3) is 1.97. The smallest absolute Gasteiger partial charge is 0.128 e. The van der Waals surface area contributed by atoms with Gasteiger partial charge >= 0.3 is 0 Å². The topological polar surface area (TPSA) is 43.8 Å². The highest BCUT2D eigenvalue weighted by atomic mass is 19.1. The minimum Gasteiger partial charge on any atom is -0.320 e. The predicted octanol–water partition coefficient (Wildman–Crippen LogP) is 1.92. The number of benzene rings is 1. The van der Waals surface area contributed by atoms with Crippen LogP contribution in [0.5, 0.6) is 0 Å². The van der Waals surface area contributed by atoms with Crippen LogP contribution in [-0.2, 0) is 7.05 Å². The second-order valence-corrected chi connectivity index (χ2v) is 3.95. The second-order valence-electron chi connectivity index (χ2n) is 3.95. The van der Waals surface area contributed by atoms with Gasteiger partial charge in [0.15, 0.2) is 0 Å². The number of hydrogen-bond acceptors (Lipinski definition) is 2. The Morgan fingerprint density at radius 2 is 2.19 bits per heavy atom. The maximum absolute atomic E-state index is 13.7. The predicted molar refractivity (Wildman–Crippen MR) is 60.4 cm³/mol. The maximum atomic E-state index is 13.7. The number of nitrogens with two attached hydrogens (primary N) is 1. The normalized spacial score (nSPS) is 12.8. The van der Waals surface area contributed by atoms with Crippen LogP contribution in [0.2, 0.25) is 0 Å². The lowest BCUT2D eigenvalue weighted by Gasteiger charge is -2.11. The third-order valence-electron chi connectivity index (χ3n) is 2.57. The Morgan fingerprint density at radius 3 is 2.75 bits per heavy atom. The average Bonchev–Trinajstić information content (AvgIpc) is 2.64. The SMILES string of the molecule is Cc1ccc(C(N)c2cnn(C)c2)c(F)c1. The molecule has 2 N–H and O–H groups in total. The molecule has 0 amide bonds. The number of rotatable bonds is 2. The summed E-state index contributed by atoms with van der Waals surface area (Å²) in [4.78, 5) is 0. The Labute approximate surface area is 93.7 Å². The fraction of sp³-hybridized carbons (Fsp3) is 0.250. The van der Waals surface area contributed by atoms with Crippen molar-refractivity contribution in [1.82, 2.24) is 9.78 Å². The molecule has 3 nitrogen and oxygen atoms in total. The van der Waals surface area contributed by atoms with Gasteiger partial charge < -0.3 is 5.73 Å². The number of nitrogens with zero attached hydrogens (tertiary/aromatic N) is 2. The van der Waals surface area contributed by atoms with E-state index in [2.05, 4.69) is 5.10 Å². The van der Waals surface area contributed by atoms with E-state index in [1.54, 1.807) is 23.1 Å². The number of aromatic nitrogens is 2. The van der Waals surface area contributed by atoms with Crippen molar-refractivity contribution in [2.45, 2.75) is 13.0 Å². The summed E-state index contributed by atoms with van der Waals surface area (Å²) >= 11 is 0. The fourth-order valence-electron chi connectivity index (χ4n) is 1.66. The molecule has 16 heavy (non-hydrogen) atoms. The summed E-state index contributed by atoms with van der Waals surface area (Å²) in [6, 6.07) is 4.61. The Morgan fingerprint density at radius 1 is 1.44 bits per heavy atom. The van der Waals surface area contributed by atoms with E-state index in [1.165, 1.54) is 6.07 Å². The van der Waals surface area contributed by atoms with E-state index in [1.807, 2.05) is 20.0 Å². The van der Waals surface area contributed by atoms with Gasteiger partial charge in [0.05, 0.1) is 12.2 Å². The minimum atomic E-state index is -0.464. The van der Waals surface area contributed by atoms with E-state index in [0.717, 1.165) is 11.1 Å². The summed E-state index contributed by atoms with van der Waals surface area (Å²) in [7, 11) is 1.81. The van der Waals surface area contributed by atoms with Crippen molar-refractivity contribution in [2.75, 3.05) is 0 Å². The quantitative estimate of drug-likeness (QED) is 0.838. The lowest BCUT2D eigenvalue weighted by atomic mass is 10.0. The Kier molecular flexibility index (Phi) is 2.75. The van der Waals surface area contributed by atoms with E-state index in [9.17, 15) is 4.39 Å². The van der Waals surface area contributed by atoms with Gasteiger partial charge in [-0.15, -0.1) is 0 Å². The molecule has 2 rings (SSSR count). The molecule has 2 aromatic rings. The van der Waals surface area contributed by atoms with Crippen LogP contribution in [0.15, 0.2) is 30.6 Å². The van der Waals surface area contributed by atoms with Gasteiger partial charge in [-0.3, -0.25) is 4.68 Å². The highest BCUT2D eigenvalue weighted by Crippen LogP contribution is 2.22. The minimum absolute atomic E-state index is 0.267. The van der Waals surface area contributed by atoms with Crippen molar-refractivity contribution in [3.8, 4) is 0 Å². The molecule has 0 fully saturated rings. The third-order valence-corrected chi connectivity index (χ3v) is 2.57. The molecule has 0 saturated carbocycles. The number of hydrogen-bond donors (Lipinski definition) is 1. The van der Waals surface area contributed by atoms with Crippen LogP contribution in [0, 0.1) is 12.7 Å². The fourth-order valence-corrected chi connectivity index (χ4v) is 1.66. The Hall–Kier alpha value is -1.68. The van der Waals surface area contributed by atoms with E-state index in [-0.39, 0.29) is 5.82 Å². The zero-order valence-corrected chi connectivity index (χ0v) is 9.31. The summed E-state index contributed by atoms with van der Waals surface area (Å²) in [5.74, 6) is -0.267. The van der Waals surface area contributed by atoms with E-state index < -0.39 is 6.04 Å². The van der Waals surface area contributed by atoms with Crippen molar-refractivity contribution in [3.63, 3.8) is 0 Å². The molecule has 0 aliphatic heterocycles. The molecule has 0 spiro atoms. The molecule has 1 heterocycles. The first-order chi connectivity index (χ1) is 7.58. The molecule has 4 heteroatoms. The van der Waals surface area contributed by atoms with Crippen LogP contribution in [-0.4, -0.2) is 9.78 Å². The van der Waals surface area contributed by atoms with Crippen LogP contribution in [0.3, 0.4) is 0 Å². The van der Waals surface area contributed by atoms with Gasteiger partial charge in [-0.25, -0.2) is 4.39 Å². The zero-order chi connectivity index (χ0) is 11.7.